The fourth-order valence-electron chi connectivity index (χ4n) is 0.474. The van der Waals surface area contributed by atoms with Crippen molar-refractivity contribution in [2.24, 2.45) is 0 Å². The van der Waals surface area contributed by atoms with Gasteiger partial charge in [0, 0.05) is 21.2 Å². The van der Waals surface area contributed by atoms with E-state index in [2.05, 4.69) is 42.3 Å². The van der Waals surface area contributed by atoms with Crippen LogP contribution in [0, 0.1) is 11.2 Å². The van der Waals surface area contributed by atoms with Crippen molar-refractivity contribution in [1.82, 2.24) is 9.97 Å². The Labute approximate surface area is 80.8 Å². The zero-order chi connectivity index (χ0) is 8.10. The van der Waals surface area contributed by atoms with Gasteiger partial charge in [-0.3, -0.25) is 0 Å². The van der Waals surface area contributed by atoms with Gasteiger partial charge in [0.2, 0.25) is 0 Å². The lowest BCUT2D eigenvalue weighted by Crippen LogP contribution is -1.91. The quantitative estimate of drug-likeness (QED) is 0.576. The maximum atomic E-state index is 5.33. The van der Waals surface area contributed by atoms with Crippen molar-refractivity contribution in [3.8, 4) is 11.2 Å². The fraction of sp³-hybridized carbons (Fsp3) is 0. The number of halogens is 1. The number of aromatic nitrogens is 2. The summed E-state index contributed by atoms with van der Waals surface area (Å²) >= 11 is 2.09. The Kier molecular flexibility index (Phi) is 3.45. The second-order valence-corrected chi connectivity index (χ2v) is 3.31. The molecule has 0 aliphatic heterocycles. The number of nitrogen functional groups attached to an aromatic ring is 1. The summed E-state index contributed by atoms with van der Waals surface area (Å²) in [5.74, 6) is 3.21. The molecule has 0 unspecified atom stereocenters. The van der Waals surface area contributed by atoms with Crippen molar-refractivity contribution in [1.29, 1.82) is 0 Å². The van der Waals surface area contributed by atoms with Crippen molar-refractivity contribution in [2.75, 3.05) is 5.73 Å². The zero-order valence-corrected chi connectivity index (χ0v) is 8.39. The van der Waals surface area contributed by atoms with E-state index in [0.717, 1.165) is 0 Å². The first kappa shape index (κ1) is 8.62. The number of hydrogen-bond acceptors (Lipinski definition) is 4. The molecular weight excluding hydrogens is 273 g/mol. The molecule has 0 spiro atoms. The molecule has 0 aliphatic carbocycles. The van der Waals surface area contributed by atoms with Crippen LogP contribution < -0.4 is 5.73 Å². The maximum absolute atomic E-state index is 5.33. The minimum atomic E-state index is 0.415. The van der Waals surface area contributed by atoms with Crippen molar-refractivity contribution in [3.05, 3.63) is 18.1 Å². The molecule has 0 aliphatic rings. The average Bonchev–Trinajstić information content (AvgIpc) is 2.04. The maximum Gasteiger partial charge on any atom is 0.141 e. The number of anilines is 1. The van der Waals surface area contributed by atoms with Gasteiger partial charge in [-0.2, -0.15) is 0 Å². The van der Waals surface area contributed by atoms with Gasteiger partial charge in [-0.15, -0.1) is 0 Å². The molecule has 0 radical (unpaired) electrons. The summed E-state index contributed by atoms with van der Waals surface area (Å²) < 4.78 is 0. The minimum Gasteiger partial charge on any atom is -0.382 e. The molecule has 0 saturated heterocycles. The Morgan fingerprint density at radius 2 is 2.27 bits per heavy atom. The highest BCUT2D eigenvalue weighted by molar-refractivity contribution is 14.2. The molecule has 1 aromatic rings. The molecular formula is C6H4IN3S. The summed E-state index contributed by atoms with van der Waals surface area (Å²) in [6, 6.07) is 0. The van der Waals surface area contributed by atoms with Crippen LogP contribution >= 0.6 is 30.1 Å². The number of hydrogen-bond donors (Lipinski definition) is 1. The summed E-state index contributed by atoms with van der Waals surface area (Å²) in [6.07, 6.45) is 3.04. The van der Waals surface area contributed by atoms with Crippen molar-refractivity contribution >= 4 is 36.0 Å². The molecule has 1 rings (SSSR count). The lowest BCUT2D eigenvalue weighted by molar-refractivity contribution is 1.18. The molecule has 3 nitrogen and oxygen atoms in total. The number of rotatable bonds is 0. The van der Waals surface area contributed by atoms with E-state index < -0.39 is 0 Å². The van der Waals surface area contributed by atoms with Crippen LogP contribution in [0.15, 0.2) is 12.4 Å². The molecule has 0 amide bonds. The molecule has 0 atom stereocenters. The second kappa shape index (κ2) is 4.41. The van der Waals surface area contributed by atoms with Crippen LogP contribution in [0.3, 0.4) is 0 Å². The molecule has 1 heterocycles. The summed E-state index contributed by atoms with van der Waals surface area (Å²) in [4.78, 5) is 7.77. The topological polar surface area (TPSA) is 51.8 Å². The van der Waals surface area contributed by atoms with Gasteiger partial charge < -0.3 is 5.73 Å². The molecule has 0 fully saturated rings. The highest BCUT2D eigenvalue weighted by Gasteiger charge is 1.87. The lowest BCUT2D eigenvalue weighted by atomic mass is 10.5. The van der Waals surface area contributed by atoms with Gasteiger partial charge in [-0.25, -0.2) is 9.97 Å². The second-order valence-electron chi connectivity index (χ2n) is 1.63. The van der Waals surface area contributed by atoms with Gasteiger partial charge in [0.15, 0.2) is 0 Å². The minimum absolute atomic E-state index is 0.415. The normalized spacial score (nSPS) is 8.45. The van der Waals surface area contributed by atoms with Gasteiger partial charge in [0.25, 0.3) is 0 Å². The number of nitrogens with zero attached hydrogens (tertiary/aromatic N) is 2. The van der Waals surface area contributed by atoms with E-state index in [1.165, 1.54) is 15.1 Å². The Morgan fingerprint density at radius 1 is 1.45 bits per heavy atom. The third kappa shape index (κ3) is 2.95. The SMILES string of the molecule is Nc1cnc(C#CSI)cn1. The van der Waals surface area contributed by atoms with E-state index in [1.54, 1.807) is 6.20 Å². The van der Waals surface area contributed by atoms with Crippen LogP contribution in [0.5, 0.6) is 0 Å². The summed E-state index contributed by atoms with van der Waals surface area (Å²) in [5.41, 5.74) is 5.97. The van der Waals surface area contributed by atoms with Gasteiger partial charge in [0.1, 0.15) is 11.5 Å². The standard InChI is InChI=1S/C6H4IN3S/c7-11-2-1-5-3-10-6(8)4-9-5/h3-4H,(H2,8,10). The van der Waals surface area contributed by atoms with Crippen LogP contribution in [0.2, 0.25) is 0 Å². The van der Waals surface area contributed by atoms with Crippen molar-refractivity contribution in [2.45, 2.75) is 0 Å². The molecule has 0 saturated carbocycles. The van der Waals surface area contributed by atoms with Crippen LogP contribution in [0.25, 0.3) is 0 Å². The Balaban J connectivity index is 2.82. The smallest absolute Gasteiger partial charge is 0.141 e. The average molecular weight is 277 g/mol. The first-order valence-corrected chi connectivity index (χ1v) is 6.05. The van der Waals surface area contributed by atoms with E-state index >= 15 is 0 Å². The van der Waals surface area contributed by atoms with E-state index in [0.29, 0.717) is 11.5 Å². The first-order valence-electron chi connectivity index (χ1n) is 2.69. The van der Waals surface area contributed by atoms with Gasteiger partial charge >= 0.3 is 0 Å². The molecule has 1 aromatic heterocycles. The highest BCUT2D eigenvalue weighted by atomic mass is 127. The third-order valence-corrected chi connectivity index (χ3v) is 1.73. The summed E-state index contributed by atoms with van der Waals surface area (Å²) in [6.45, 7) is 0. The fourth-order valence-corrected chi connectivity index (χ4v) is 0.948. The Morgan fingerprint density at radius 3 is 2.82 bits per heavy atom. The van der Waals surface area contributed by atoms with Crippen LogP contribution in [0.1, 0.15) is 5.69 Å². The summed E-state index contributed by atoms with van der Waals surface area (Å²) in [5, 5.41) is 2.79. The van der Waals surface area contributed by atoms with Gasteiger partial charge in [-0.1, -0.05) is 0 Å². The van der Waals surface area contributed by atoms with E-state index in [1.807, 2.05) is 0 Å². The van der Waals surface area contributed by atoms with Crippen LogP contribution in [0.4, 0.5) is 5.82 Å². The summed E-state index contributed by atoms with van der Waals surface area (Å²) in [7, 11) is 1.41. The van der Waals surface area contributed by atoms with Gasteiger partial charge in [-0.05, 0) is 20.1 Å². The largest absolute Gasteiger partial charge is 0.382 e. The van der Waals surface area contributed by atoms with E-state index in [4.69, 9.17) is 5.73 Å². The van der Waals surface area contributed by atoms with E-state index in [-0.39, 0.29) is 0 Å². The molecule has 5 heteroatoms. The van der Waals surface area contributed by atoms with Crippen molar-refractivity contribution < 1.29 is 0 Å². The molecule has 0 bridgehead atoms. The number of nitrogens with two attached hydrogens (primary N) is 1. The molecule has 0 aromatic carbocycles. The third-order valence-electron chi connectivity index (χ3n) is 0.889. The Hall–Kier alpha value is -0.480. The molecule has 2 N–H and O–H groups in total. The van der Waals surface area contributed by atoms with Crippen LogP contribution in [-0.4, -0.2) is 9.97 Å². The van der Waals surface area contributed by atoms with E-state index in [9.17, 15) is 0 Å². The predicted molar refractivity (Wildman–Crippen MR) is 54.9 cm³/mol. The molecule has 56 valence electrons. The van der Waals surface area contributed by atoms with Gasteiger partial charge in [0.05, 0.1) is 12.4 Å². The predicted octanol–water partition coefficient (Wildman–Crippen LogP) is 1.45. The first-order chi connectivity index (χ1) is 5.33. The Bertz CT molecular complexity index is 287. The zero-order valence-electron chi connectivity index (χ0n) is 5.41. The lowest BCUT2D eigenvalue weighted by Gasteiger charge is -1.88. The van der Waals surface area contributed by atoms with Crippen LogP contribution in [-0.2, 0) is 0 Å². The van der Waals surface area contributed by atoms with Crippen molar-refractivity contribution in [3.63, 3.8) is 0 Å². The molecule has 11 heavy (non-hydrogen) atoms. The monoisotopic (exact) mass is 277 g/mol. The highest BCUT2D eigenvalue weighted by Crippen LogP contribution is 2.07.